The average molecular weight is 232 g/mol. The van der Waals surface area contributed by atoms with Gasteiger partial charge in [0.25, 0.3) is 0 Å². The molecule has 1 aliphatic rings. The highest BCUT2D eigenvalue weighted by Gasteiger charge is 2.36. The van der Waals surface area contributed by atoms with Gasteiger partial charge in [0.2, 0.25) is 0 Å². The highest BCUT2D eigenvalue weighted by molar-refractivity contribution is 8.05. The second kappa shape index (κ2) is 4.38. The number of thioether (sulfide) groups is 1. The molecule has 0 saturated heterocycles. The Morgan fingerprint density at radius 2 is 2.00 bits per heavy atom. The molecule has 0 aromatic heterocycles. The quantitative estimate of drug-likeness (QED) is 0.784. The maximum atomic E-state index is 5.45. The van der Waals surface area contributed by atoms with Crippen LogP contribution in [-0.2, 0) is 11.2 Å². The first-order valence-corrected chi connectivity index (χ1v) is 6.14. The fourth-order valence-electron chi connectivity index (χ4n) is 2.05. The minimum Gasteiger partial charge on any atom is -0.500 e. The molecule has 1 aliphatic heterocycles. The summed E-state index contributed by atoms with van der Waals surface area (Å²) < 4.78 is 5.44. The Morgan fingerprint density at radius 3 is 2.62 bits per heavy atom. The van der Waals surface area contributed by atoms with Crippen molar-refractivity contribution >= 4 is 11.8 Å². The molecule has 84 valence electrons. The van der Waals surface area contributed by atoms with Gasteiger partial charge in [-0.3, -0.25) is 0 Å². The molecule has 1 aromatic carbocycles. The molecule has 1 unspecified atom stereocenters. The number of ether oxygens (including phenoxy) is 1. The summed E-state index contributed by atoms with van der Waals surface area (Å²) in [6.07, 6.45) is 3.00. The Kier molecular flexibility index (Phi) is 3.10. The number of hydrogen-bond donors (Lipinski definition) is 0. The van der Waals surface area contributed by atoms with Crippen LogP contribution in [0, 0.1) is 0 Å². The molecule has 1 heterocycles. The molecular weight excluding hydrogens is 216 g/mol. The van der Waals surface area contributed by atoms with Gasteiger partial charge in [-0.15, -0.1) is 11.8 Å². The van der Waals surface area contributed by atoms with Crippen LogP contribution in [0.25, 0.3) is 0 Å². The normalized spacial score (nSPS) is 24.4. The van der Waals surface area contributed by atoms with E-state index in [0.717, 1.165) is 17.1 Å². The van der Waals surface area contributed by atoms with E-state index in [0.29, 0.717) is 0 Å². The molecule has 0 radical (unpaired) electrons. The van der Waals surface area contributed by atoms with Crippen molar-refractivity contribution in [3.05, 3.63) is 59.2 Å². The summed E-state index contributed by atoms with van der Waals surface area (Å²) in [6, 6.07) is 10.5. The standard InChI is InChI=1S/C14H16OS/c1-11-9-13(15-3)14(2,16-11)10-12-7-5-4-6-8-12/h4-9H,1,10H2,2-3H3. The second-order valence-corrected chi connectivity index (χ2v) is 5.80. The number of methoxy groups -OCH3 is 1. The molecule has 0 amide bonds. The third-order valence-electron chi connectivity index (χ3n) is 2.77. The molecule has 1 aromatic rings. The van der Waals surface area contributed by atoms with Crippen molar-refractivity contribution < 1.29 is 4.74 Å². The second-order valence-electron chi connectivity index (χ2n) is 4.17. The lowest BCUT2D eigenvalue weighted by molar-refractivity contribution is 0.260. The maximum Gasteiger partial charge on any atom is 0.113 e. The SMILES string of the molecule is C=C1C=C(OC)C(C)(Cc2ccccc2)S1. The van der Waals surface area contributed by atoms with Gasteiger partial charge in [0.15, 0.2) is 0 Å². The predicted molar refractivity (Wildman–Crippen MR) is 70.4 cm³/mol. The van der Waals surface area contributed by atoms with Gasteiger partial charge in [-0.05, 0) is 25.0 Å². The van der Waals surface area contributed by atoms with Crippen molar-refractivity contribution in [1.29, 1.82) is 0 Å². The van der Waals surface area contributed by atoms with Gasteiger partial charge in [0.1, 0.15) is 5.76 Å². The van der Waals surface area contributed by atoms with E-state index in [1.165, 1.54) is 5.56 Å². The zero-order valence-corrected chi connectivity index (χ0v) is 10.5. The fourth-order valence-corrected chi connectivity index (χ4v) is 3.28. The fraction of sp³-hybridized carbons (Fsp3) is 0.286. The molecule has 16 heavy (non-hydrogen) atoms. The Hall–Kier alpha value is -1.15. The Balaban J connectivity index is 2.21. The lowest BCUT2D eigenvalue weighted by atomic mass is 9.98. The molecule has 0 aliphatic carbocycles. The van der Waals surface area contributed by atoms with Gasteiger partial charge >= 0.3 is 0 Å². The zero-order valence-electron chi connectivity index (χ0n) is 9.69. The van der Waals surface area contributed by atoms with Gasteiger partial charge in [-0.1, -0.05) is 36.9 Å². The topological polar surface area (TPSA) is 9.23 Å². The van der Waals surface area contributed by atoms with Crippen molar-refractivity contribution in [2.75, 3.05) is 7.11 Å². The van der Waals surface area contributed by atoms with Gasteiger partial charge < -0.3 is 4.74 Å². The summed E-state index contributed by atoms with van der Waals surface area (Å²) in [5, 5.41) is 0. The van der Waals surface area contributed by atoms with Crippen molar-refractivity contribution in [3.8, 4) is 0 Å². The van der Waals surface area contributed by atoms with E-state index < -0.39 is 0 Å². The zero-order chi connectivity index (χ0) is 11.6. The largest absolute Gasteiger partial charge is 0.500 e. The lowest BCUT2D eigenvalue weighted by Crippen LogP contribution is -2.24. The minimum atomic E-state index is -0.00676. The van der Waals surface area contributed by atoms with Crippen molar-refractivity contribution in [2.24, 2.45) is 0 Å². The summed E-state index contributed by atoms with van der Waals surface area (Å²) in [4.78, 5) is 1.08. The summed E-state index contributed by atoms with van der Waals surface area (Å²) in [5.41, 5.74) is 1.33. The van der Waals surface area contributed by atoms with Crippen molar-refractivity contribution in [2.45, 2.75) is 18.1 Å². The van der Waals surface area contributed by atoms with Gasteiger partial charge in [-0.25, -0.2) is 0 Å². The lowest BCUT2D eigenvalue weighted by Gasteiger charge is -2.25. The van der Waals surface area contributed by atoms with Crippen LogP contribution in [0.1, 0.15) is 12.5 Å². The van der Waals surface area contributed by atoms with Crippen LogP contribution in [0.5, 0.6) is 0 Å². The van der Waals surface area contributed by atoms with E-state index in [1.54, 1.807) is 18.9 Å². The van der Waals surface area contributed by atoms with E-state index in [9.17, 15) is 0 Å². The first-order valence-electron chi connectivity index (χ1n) is 5.32. The number of rotatable bonds is 3. The van der Waals surface area contributed by atoms with E-state index in [1.807, 2.05) is 12.1 Å². The average Bonchev–Trinajstić information content (AvgIpc) is 2.54. The first kappa shape index (κ1) is 11.3. The van der Waals surface area contributed by atoms with E-state index in [-0.39, 0.29) is 4.75 Å². The third kappa shape index (κ3) is 2.17. The molecule has 1 nitrogen and oxygen atoms in total. The van der Waals surface area contributed by atoms with E-state index in [4.69, 9.17) is 4.74 Å². The molecule has 0 saturated carbocycles. The summed E-state index contributed by atoms with van der Waals surface area (Å²) in [6.45, 7) is 6.20. The van der Waals surface area contributed by atoms with E-state index >= 15 is 0 Å². The van der Waals surface area contributed by atoms with Crippen molar-refractivity contribution in [1.82, 2.24) is 0 Å². The third-order valence-corrected chi connectivity index (χ3v) is 3.95. The molecule has 2 rings (SSSR count). The highest BCUT2D eigenvalue weighted by atomic mass is 32.2. The van der Waals surface area contributed by atoms with Crippen LogP contribution in [0.4, 0.5) is 0 Å². The van der Waals surface area contributed by atoms with Crippen LogP contribution in [0.15, 0.2) is 53.7 Å². The number of hydrogen-bond acceptors (Lipinski definition) is 2. The molecule has 2 heteroatoms. The van der Waals surface area contributed by atoms with Crippen molar-refractivity contribution in [3.63, 3.8) is 0 Å². The molecule has 0 bridgehead atoms. The Labute approximate surface area is 101 Å². The molecular formula is C14H16OS. The molecule has 0 N–H and O–H groups in total. The summed E-state index contributed by atoms with van der Waals surface area (Å²) >= 11 is 1.78. The summed E-state index contributed by atoms with van der Waals surface area (Å²) in [5.74, 6) is 1.02. The number of benzene rings is 1. The molecule has 0 fully saturated rings. The minimum absolute atomic E-state index is 0.00676. The Morgan fingerprint density at radius 1 is 1.31 bits per heavy atom. The van der Waals surface area contributed by atoms with Crippen LogP contribution in [0.2, 0.25) is 0 Å². The van der Waals surface area contributed by atoms with Crippen LogP contribution in [-0.4, -0.2) is 11.9 Å². The monoisotopic (exact) mass is 232 g/mol. The maximum absolute atomic E-state index is 5.45. The highest BCUT2D eigenvalue weighted by Crippen LogP contribution is 2.46. The smallest absolute Gasteiger partial charge is 0.113 e. The van der Waals surface area contributed by atoms with E-state index in [2.05, 4.69) is 37.8 Å². The Bertz CT molecular complexity index is 422. The predicted octanol–water partition coefficient (Wildman–Crippen LogP) is 3.78. The van der Waals surface area contributed by atoms with Gasteiger partial charge in [0.05, 0.1) is 11.9 Å². The first-order chi connectivity index (χ1) is 7.64. The van der Waals surface area contributed by atoms with Crippen LogP contribution in [0.3, 0.4) is 0 Å². The van der Waals surface area contributed by atoms with Gasteiger partial charge in [-0.2, -0.15) is 0 Å². The summed E-state index contributed by atoms with van der Waals surface area (Å²) in [7, 11) is 1.73. The van der Waals surface area contributed by atoms with Crippen LogP contribution >= 0.6 is 11.8 Å². The molecule has 0 spiro atoms. The van der Waals surface area contributed by atoms with Gasteiger partial charge in [0, 0.05) is 4.91 Å². The van der Waals surface area contributed by atoms with Crippen LogP contribution < -0.4 is 0 Å². The number of allylic oxidation sites excluding steroid dienone is 1. The molecule has 1 atom stereocenters.